The molecule has 1 rings (SSSR count). The molecule has 0 heterocycles. The molecular weight excluding hydrogens is 240 g/mol. The van der Waals surface area contributed by atoms with Gasteiger partial charge in [-0.05, 0) is 25.1 Å². The largest absolute Gasteiger partial charge is 0.397 e. The smallest absolute Gasteiger partial charge is 0.0601 e. The van der Waals surface area contributed by atoms with Crippen LogP contribution in [0.25, 0.3) is 0 Å². The van der Waals surface area contributed by atoms with E-state index >= 15 is 0 Å². The minimum absolute atomic E-state index is 0.781. The van der Waals surface area contributed by atoms with Crippen molar-refractivity contribution < 1.29 is 0 Å². The van der Waals surface area contributed by atoms with Crippen LogP contribution in [0.4, 0.5) is 11.4 Å². The summed E-state index contributed by atoms with van der Waals surface area (Å²) in [5, 5.41) is 0. The van der Waals surface area contributed by atoms with Gasteiger partial charge in [0, 0.05) is 18.1 Å². The Morgan fingerprint density at radius 3 is 2.71 bits per heavy atom. The van der Waals surface area contributed by atoms with Crippen LogP contribution in [0.15, 0.2) is 34.8 Å². The topological polar surface area (TPSA) is 29.3 Å². The van der Waals surface area contributed by atoms with Crippen molar-refractivity contribution in [3.05, 3.63) is 34.8 Å². The summed E-state index contributed by atoms with van der Waals surface area (Å²) in [6.07, 6.45) is 0. The van der Waals surface area contributed by atoms with E-state index in [2.05, 4.69) is 27.4 Å². The highest BCUT2D eigenvalue weighted by atomic mass is 79.9. The van der Waals surface area contributed by atoms with Gasteiger partial charge in [0.05, 0.1) is 11.4 Å². The monoisotopic (exact) mass is 254 g/mol. The van der Waals surface area contributed by atoms with Crippen molar-refractivity contribution in [2.24, 2.45) is 0 Å². The fraction of sp³-hybridized carbons (Fsp3) is 0.273. The Morgan fingerprint density at radius 1 is 1.57 bits per heavy atom. The third-order valence-corrected chi connectivity index (χ3v) is 2.40. The van der Waals surface area contributed by atoms with Gasteiger partial charge < -0.3 is 10.6 Å². The lowest BCUT2D eigenvalue weighted by Crippen LogP contribution is -2.20. The quantitative estimate of drug-likeness (QED) is 0.664. The molecule has 2 N–H and O–H groups in total. The van der Waals surface area contributed by atoms with Crippen LogP contribution in [0, 0.1) is 0 Å². The van der Waals surface area contributed by atoms with Crippen LogP contribution in [-0.2, 0) is 0 Å². The highest BCUT2D eigenvalue weighted by Crippen LogP contribution is 2.26. The van der Waals surface area contributed by atoms with Crippen LogP contribution < -0.4 is 10.6 Å². The molecule has 2 nitrogen and oxygen atoms in total. The molecule has 0 bridgehead atoms. The molecular formula is C11H15BrN2. The average molecular weight is 255 g/mol. The fourth-order valence-electron chi connectivity index (χ4n) is 1.36. The summed E-state index contributed by atoms with van der Waals surface area (Å²) in [6, 6.07) is 5.90. The van der Waals surface area contributed by atoms with Crippen LogP contribution in [0.1, 0.15) is 6.92 Å². The van der Waals surface area contributed by atoms with Crippen molar-refractivity contribution in [2.75, 3.05) is 24.2 Å². The summed E-state index contributed by atoms with van der Waals surface area (Å²) in [7, 11) is 2.01. The lowest BCUT2D eigenvalue weighted by molar-refractivity contribution is 0.987. The number of nitrogens with two attached hydrogens (primary N) is 1. The van der Waals surface area contributed by atoms with Crippen LogP contribution in [0.3, 0.4) is 0 Å². The number of benzene rings is 1. The van der Waals surface area contributed by atoms with Gasteiger partial charge in [-0.15, -0.1) is 0 Å². The molecule has 0 aliphatic heterocycles. The maximum Gasteiger partial charge on any atom is 0.0601 e. The van der Waals surface area contributed by atoms with Gasteiger partial charge >= 0.3 is 0 Å². The lowest BCUT2D eigenvalue weighted by Gasteiger charge is -2.21. The Bertz CT molecular complexity index is 347. The van der Waals surface area contributed by atoms with Crippen LogP contribution >= 0.6 is 15.9 Å². The standard InChI is InChI=1S/C11H15BrN2/c1-8(2)7-14(3)11-5-4-9(12)6-10(11)13/h4-6H,1,7,13H2,2-3H3. The van der Waals surface area contributed by atoms with Gasteiger partial charge in [0.15, 0.2) is 0 Å². The van der Waals surface area contributed by atoms with Crippen LogP contribution in [0.2, 0.25) is 0 Å². The zero-order chi connectivity index (χ0) is 10.7. The van der Waals surface area contributed by atoms with Crippen molar-refractivity contribution in [2.45, 2.75) is 6.92 Å². The predicted molar refractivity (Wildman–Crippen MR) is 66.6 cm³/mol. The molecule has 14 heavy (non-hydrogen) atoms. The van der Waals surface area contributed by atoms with E-state index in [0.29, 0.717) is 0 Å². The fourth-order valence-corrected chi connectivity index (χ4v) is 1.74. The molecule has 76 valence electrons. The number of anilines is 2. The maximum absolute atomic E-state index is 5.90. The molecule has 0 saturated carbocycles. The molecule has 0 unspecified atom stereocenters. The SMILES string of the molecule is C=C(C)CN(C)c1ccc(Br)cc1N. The van der Waals surface area contributed by atoms with Gasteiger partial charge in [-0.25, -0.2) is 0 Å². The van der Waals surface area contributed by atoms with Gasteiger partial charge in [-0.1, -0.05) is 28.1 Å². The Morgan fingerprint density at radius 2 is 2.21 bits per heavy atom. The first kappa shape index (κ1) is 11.1. The normalized spacial score (nSPS) is 9.93. The first-order valence-corrected chi connectivity index (χ1v) is 5.20. The first-order valence-electron chi connectivity index (χ1n) is 4.41. The summed E-state index contributed by atoms with van der Waals surface area (Å²) in [4.78, 5) is 2.09. The lowest BCUT2D eigenvalue weighted by atomic mass is 10.2. The van der Waals surface area contributed by atoms with E-state index in [4.69, 9.17) is 5.73 Å². The van der Waals surface area contributed by atoms with Crippen molar-refractivity contribution in [3.8, 4) is 0 Å². The van der Waals surface area contributed by atoms with E-state index in [1.165, 1.54) is 0 Å². The molecule has 1 aromatic rings. The molecule has 0 aliphatic rings. The number of nitrogens with zero attached hydrogens (tertiary/aromatic N) is 1. The molecule has 1 aromatic carbocycles. The van der Waals surface area contributed by atoms with Crippen molar-refractivity contribution in [1.29, 1.82) is 0 Å². The van der Waals surface area contributed by atoms with E-state index < -0.39 is 0 Å². The molecule has 0 amide bonds. The second kappa shape index (κ2) is 4.51. The number of hydrogen-bond acceptors (Lipinski definition) is 2. The Hall–Kier alpha value is -0.960. The first-order chi connectivity index (χ1) is 6.50. The van der Waals surface area contributed by atoms with Gasteiger partial charge in [0.1, 0.15) is 0 Å². The maximum atomic E-state index is 5.90. The van der Waals surface area contributed by atoms with Gasteiger partial charge in [-0.2, -0.15) is 0 Å². The number of hydrogen-bond donors (Lipinski definition) is 1. The van der Waals surface area contributed by atoms with E-state index in [1.54, 1.807) is 0 Å². The highest BCUT2D eigenvalue weighted by molar-refractivity contribution is 9.10. The Balaban J connectivity index is 2.90. The third-order valence-electron chi connectivity index (χ3n) is 1.91. The van der Waals surface area contributed by atoms with Crippen LogP contribution in [0.5, 0.6) is 0 Å². The van der Waals surface area contributed by atoms with Crippen molar-refractivity contribution >= 4 is 27.3 Å². The Kier molecular flexibility index (Phi) is 3.58. The highest BCUT2D eigenvalue weighted by Gasteiger charge is 2.04. The van der Waals surface area contributed by atoms with Crippen LogP contribution in [-0.4, -0.2) is 13.6 Å². The number of nitrogen functional groups attached to an aromatic ring is 1. The molecule has 3 heteroatoms. The summed E-state index contributed by atoms with van der Waals surface area (Å²) < 4.78 is 1.00. The molecule has 0 radical (unpaired) electrons. The van der Waals surface area contributed by atoms with Gasteiger partial charge in [0.2, 0.25) is 0 Å². The van der Waals surface area contributed by atoms with E-state index in [9.17, 15) is 0 Å². The minimum atomic E-state index is 0.781. The number of rotatable bonds is 3. The summed E-state index contributed by atoms with van der Waals surface area (Å²) in [5.41, 5.74) is 8.84. The van der Waals surface area contributed by atoms with E-state index in [0.717, 1.165) is 28.0 Å². The molecule has 0 spiro atoms. The average Bonchev–Trinajstić information content (AvgIpc) is 2.01. The summed E-state index contributed by atoms with van der Waals surface area (Å²) >= 11 is 3.38. The zero-order valence-corrected chi connectivity index (χ0v) is 10.1. The van der Waals surface area contributed by atoms with Crippen molar-refractivity contribution in [3.63, 3.8) is 0 Å². The van der Waals surface area contributed by atoms with Crippen molar-refractivity contribution in [1.82, 2.24) is 0 Å². The molecule has 0 atom stereocenters. The Labute approximate surface area is 93.5 Å². The van der Waals surface area contributed by atoms with Gasteiger partial charge in [0.25, 0.3) is 0 Å². The molecule has 0 aromatic heterocycles. The summed E-state index contributed by atoms with van der Waals surface area (Å²) in [5.74, 6) is 0. The molecule has 0 saturated heterocycles. The minimum Gasteiger partial charge on any atom is -0.397 e. The second-order valence-corrected chi connectivity index (χ2v) is 4.43. The predicted octanol–water partition coefficient (Wildman–Crippen LogP) is 3.04. The zero-order valence-electron chi connectivity index (χ0n) is 8.55. The third kappa shape index (κ3) is 2.77. The van der Waals surface area contributed by atoms with Gasteiger partial charge in [-0.3, -0.25) is 0 Å². The number of likely N-dealkylation sites (N-methyl/N-ethyl adjacent to an activating group) is 1. The number of halogens is 1. The van der Waals surface area contributed by atoms with E-state index in [-0.39, 0.29) is 0 Å². The summed E-state index contributed by atoms with van der Waals surface area (Å²) in [6.45, 7) is 6.71. The molecule has 0 aliphatic carbocycles. The molecule has 0 fully saturated rings. The second-order valence-electron chi connectivity index (χ2n) is 3.52. The van der Waals surface area contributed by atoms with E-state index in [1.807, 2.05) is 32.2 Å².